The Labute approximate surface area is 119 Å². The van der Waals surface area contributed by atoms with Crippen molar-refractivity contribution in [1.29, 1.82) is 0 Å². The van der Waals surface area contributed by atoms with Gasteiger partial charge in [-0.25, -0.2) is 4.79 Å². The van der Waals surface area contributed by atoms with Crippen molar-refractivity contribution in [3.8, 4) is 0 Å². The first-order chi connectivity index (χ1) is 9.56. The number of nitrogens with zero attached hydrogens (tertiary/aromatic N) is 1. The van der Waals surface area contributed by atoms with Gasteiger partial charge in [-0.2, -0.15) is 0 Å². The van der Waals surface area contributed by atoms with Gasteiger partial charge in [-0.05, 0) is 24.3 Å². The van der Waals surface area contributed by atoms with Crippen molar-refractivity contribution < 1.29 is 9.72 Å². The maximum absolute atomic E-state index is 11.7. The molecule has 0 radical (unpaired) electrons. The summed E-state index contributed by atoms with van der Waals surface area (Å²) < 4.78 is 0. The van der Waals surface area contributed by atoms with Gasteiger partial charge >= 0.3 is 6.03 Å². The zero-order valence-electron chi connectivity index (χ0n) is 10.2. The van der Waals surface area contributed by atoms with Crippen molar-refractivity contribution in [3.63, 3.8) is 0 Å². The van der Waals surface area contributed by atoms with Crippen LogP contribution in [-0.2, 0) is 0 Å². The molecule has 20 heavy (non-hydrogen) atoms. The number of nitrogens with one attached hydrogen (secondary N) is 2. The summed E-state index contributed by atoms with van der Waals surface area (Å²) >= 11 is 5.69. The lowest BCUT2D eigenvalue weighted by atomic mass is 10.3. The molecule has 0 saturated heterocycles. The van der Waals surface area contributed by atoms with Gasteiger partial charge in [0.05, 0.1) is 4.92 Å². The molecule has 6 nitrogen and oxygen atoms in total. The number of nitro benzene ring substituents is 1. The summed E-state index contributed by atoms with van der Waals surface area (Å²) in [6.45, 7) is 0. The highest BCUT2D eigenvalue weighted by molar-refractivity contribution is 6.32. The minimum Gasteiger partial charge on any atom is -0.308 e. The van der Waals surface area contributed by atoms with E-state index in [-0.39, 0.29) is 16.4 Å². The van der Waals surface area contributed by atoms with Gasteiger partial charge in [-0.15, -0.1) is 0 Å². The molecule has 0 heterocycles. The van der Waals surface area contributed by atoms with Gasteiger partial charge in [-0.3, -0.25) is 10.1 Å². The van der Waals surface area contributed by atoms with Crippen LogP contribution in [0.5, 0.6) is 0 Å². The Kier molecular flexibility index (Phi) is 4.17. The minimum atomic E-state index is -0.609. The smallest absolute Gasteiger partial charge is 0.308 e. The van der Waals surface area contributed by atoms with Gasteiger partial charge in [-0.1, -0.05) is 29.8 Å². The molecule has 0 aliphatic rings. The molecule has 0 aliphatic carbocycles. The topological polar surface area (TPSA) is 84.3 Å². The summed E-state index contributed by atoms with van der Waals surface area (Å²) in [6, 6.07) is 12.4. The summed E-state index contributed by atoms with van der Waals surface area (Å²) in [5.41, 5.74) is 0.646. The van der Waals surface area contributed by atoms with Gasteiger partial charge in [0.1, 0.15) is 5.02 Å². The Hall–Kier alpha value is -2.60. The van der Waals surface area contributed by atoms with Crippen molar-refractivity contribution in [2.24, 2.45) is 0 Å². The second-order valence-electron chi connectivity index (χ2n) is 3.87. The van der Waals surface area contributed by atoms with E-state index < -0.39 is 11.0 Å². The SMILES string of the molecule is O=C(Nc1ccccc1)Nc1ccc(Cl)c([N+](=O)[O-])c1. The molecule has 0 aliphatic heterocycles. The standard InChI is InChI=1S/C13H10ClN3O3/c14-11-7-6-10(8-12(11)17(19)20)16-13(18)15-9-4-2-1-3-5-9/h1-8H,(H2,15,16,18). The minimum absolute atomic E-state index is 0.0176. The summed E-state index contributed by atoms with van der Waals surface area (Å²) in [5, 5.41) is 15.9. The fourth-order valence-corrected chi connectivity index (χ4v) is 1.73. The van der Waals surface area contributed by atoms with Crippen LogP contribution >= 0.6 is 11.6 Å². The summed E-state index contributed by atoms with van der Waals surface area (Å²) in [6.07, 6.45) is 0. The molecule has 0 unspecified atom stereocenters. The second-order valence-corrected chi connectivity index (χ2v) is 4.28. The zero-order valence-corrected chi connectivity index (χ0v) is 10.9. The molecule has 0 spiro atoms. The summed E-state index contributed by atoms with van der Waals surface area (Å²) in [5.74, 6) is 0. The molecule has 2 aromatic rings. The Morgan fingerprint density at radius 2 is 1.70 bits per heavy atom. The van der Waals surface area contributed by atoms with Gasteiger partial charge in [0.2, 0.25) is 0 Å². The average molecular weight is 292 g/mol. The molecule has 2 N–H and O–H groups in total. The molecule has 0 aromatic heterocycles. The third kappa shape index (κ3) is 3.46. The maximum atomic E-state index is 11.7. The number of para-hydroxylation sites is 1. The first-order valence-corrected chi connectivity index (χ1v) is 6.01. The molecule has 0 bridgehead atoms. The van der Waals surface area contributed by atoms with Crippen LogP contribution in [0.3, 0.4) is 0 Å². The van der Waals surface area contributed by atoms with E-state index in [4.69, 9.17) is 11.6 Å². The lowest BCUT2D eigenvalue weighted by molar-refractivity contribution is -0.384. The Morgan fingerprint density at radius 1 is 1.05 bits per heavy atom. The number of amides is 2. The highest BCUT2D eigenvalue weighted by Gasteiger charge is 2.13. The number of halogens is 1. The monoisotopic (exact) mass is 291 g/mol. The van der Waals surface area contributed by atoms with Crippen LogP contribution < -0.4 is 10.6 Å². The van der Waals surface area contributed by atoms with Crippen LogP contribution in [-0.4, -0.2) is 11.0 Å². The van der Waals surface area contributed by atoms with E-state index in [0.29, 0.717) is 5.69 Å². The quantitative estimate of drug-likeness (QED) is 0.664. The van der Waals surface area contributed by atoms with E-state index >= 15 is 0 Å². The van der Waals surface area contributed by atoms with E-state index in [2.05, 4.69) is 10.6 Å². The summed E-state index contributed by atoms with van der Waals surface area (Å²) in [4.78, 5) is 21.9. The number of benzene rings is 2. The van der Waals surface area contributed by atoms with Crippen LogP contribution in [0.1, 0.15) is 0 Å². The first-order valence-electron chi connectivity index (χ1n) is 5.63. The lowest BCUT2D eigenvalue weighted by Gasteiger charge is -2.07. The normalized spacial score (nSPS) is 9.85. The largest absolute Gasteiger partial charge is 0.323 e. The number of carbonyl (C=O) groups is 1. The number of urea groups is 1. The predicted molar refractivity (Wildman–Crippen MR) is 77.2 cm³/mol. The van der Waals surface area contributed by atoms with Crippen LogP contribution in [0, 0.1) is 10.1 Å². The Balaban J connectivity index is 2.08. The molecule has 7 heteroatoms. The van der Waals surface area contributed by atoms with Crippen molar-refractivity contribution in [2.75, 3.05) is 10.6 Å². The Bertz CT molecular complexity index is 647. The third-order valence-corrected chi connectivity index (χ3v) is 2.75. The number of rotatable bonds is 3. The molecule has 0 saturated carbocycles. The lowest BCUT2D eigenvalue weighted by Crippen LogP contribution is -2.19. The highest BCUT2D eigenvalue weighted by atomic mass is 35.5. The van der Waals surface area contributed by atoms with Gasteiger partial charge in [0, 0.05) is 17.4 Å². The number of hydrogen-bond donors (Lipinski definition) is 2. The highest BCUT2D eigenvalue weighted by Crippen LogP contribution is 2.27. The average Bonchev–Trinajstić information content (AvgIpc) is 2.41. The Morgan fingerprint density at radius 3 is 2.35 bits per heavy atom. The van der Waals surface area contributed by atoms with Crippen molar-refractivity contribution >= 4 is 34.7 Å². The third-order valence-electron chi connectivity index (χ3n) is 2.43. The fourth-order valence-electron chi connectivity index (χ4n) is 1.55. The number of nitro groups is 1. The van der Waals surface area contributed by atoms with Crippen molar-refractivity contribution in [3.05, 3.63) is 63.7 Å². The molecule has 2 rings (SSSR count). The van der Waals surface area contributed by atoms with E-state index in [9.17, 15) is 14.9 Å². The van der Waals surface area contributed by atoms with Crippen LogP contribution in [0.25, 0.3) is 0 Å². The molecule has 102 valence electrons. The first kappa shape index (κ1) is 13.8. The summed E-state index contributed by atoms with van der Waals surface area (Å²) in [7, 11) is 0. The van der Waals surface area contributed by atoms with E-state index in [0.717, 1.165) is 0 Å². The maximum Gasteiger partial charge on any atom is 0.323 e. The predicted octanol–water partition coefficient (Wildman–Crippen LogP) is 3.89. The van der Waals surface area contributed by atoms with Crippen LogP contribution in [0.15, 0.2) is 48.5 Å². The molecule has 0 fully saturated rings. The van der Waals surface area contributed by atoms with Crippen molar-refractivity contribution in [2.45, 2.75) is 0 Å². The van der Waals surface area contributed by atoms with Gasteiger partial charge in [0.25, 0.3) is 5.69 Å². The number of anilines is 2. The van der Waals surface area contributed by atoms with Crippen LogP contribution in [0.2, 0.25) is 5.02 Å². The molecule has 0 atom stereocenters. The van der Waals surface area contributed by atoms with E-state index in [1.54, 1.807) is 24.3 Å². The van der Waals surface area contributed by atoms with Crippen molar-refractivity contribution in [1.82, 2.24) is 0 Å². The molecule has 2 aromatic carbocycles. The van der Waals surface area contributed by atoms with Gasteiger partial charge in [0.15, 0.2) is 0 Å². The molecular formula is C13H10ClN3O3. The molecular weight excluding hydrogens is 282 g/mol. The number of carbonyl (C=O) groups excluding carboxylic acids is 1. The second kappa shape index (κ2) is 6.03. The van der Waals surface area contributed by atoms with E-state index in [1.807, 2.05) is 6.07 Å². The van der Waals surface area contributed by atoms with E-state index in [1.165, 1.54) is 18.2 Å². The fraction of sp³-hybridized carbons (Fsp3) is 0. The number of hydrogen-bond acceptors (Lipinski definition) is 3. The van der Waals surface area contributed by atoms with Crippen LogP contribution in [0.4, 0.5) is 21.9 Å². The van der Waals surface area contributed by atoms with Gasteiger partial charge < -0.3 is 10.6 Å². The zero-order chi connectivity index (χ0) is 14.5. The molecule has 2 amide bonds.